The van der Waals surface area contributed by atoms with Crippen LogP contribution in [0.5, 0.6) is 5.75 Å². The van der Waals surface area contributed by atoms with Crippen LogP contribution < -0.4 is 10.1 Å². The van der Waals surface area contributed by atoms with Gasteiger partial charge in [-0.05, 0) is 56.0 Å². The van der Waals surface area contributed by atoms with Gasteiger partial charge >= 0.3 is 0 Å². The molecule has 2 aliphatic carbocycles. The molecule has 1 aromatic carbocycles. The molecule has 2 unspecified atom stereocenters. The molecule has 2 fully saturated rings. The summed E-state index contributed by atoms with van der Waals surface area (Å²) in [6.45, 7) is 6.70. The quantitative estimate of drug-likeness (QED) is 0.885. The molecule has 21 heavy (non-hydrogen) atoms. The Labute approximate surface area is 129 Å². The molecule has 0 saturated heterocycles. The van der Waals surface area contributed by atoms with Gasteiger partial charge in [-0.1, -0.05) is 32.8 Å². The van der Waals surface area contributed by atoms with E-state index in [1.807, 2.05) is 0 Å². The first-order valence-corrected chi connectivity index (χ1v) is 8.51. The van der Waals surface area contributed by atoms with Gasteiger partial charge in [0.1, 0.15) is 11.9 Å². The van der Waals surface area contributed by atoms with Crippen LogP contribution in [-0.2, 0) is 0 Å². The average Bonchev–Trinajstić information content (AvgIpc) is 2.95. The van der Waals surface area contributed by atoms with Gasteiger partial charge in [-0.15, -0.1) is 0 Å². The first-order valence-electron chi connectivity index (χ1n) is 8.51. The van der Waals surface area contributed by atoms with Crippen molar-refractivity contribution in [1.29, 1.82) is 0 Å². The van der Waals surface area contributed by atoms with Gasteiger partial charge < -0.3 is 10.1 Å². The van der Waals surface area contributed by atoms with Gasteiger partial charge in [0, 0.05) is 17.9 Å². The summed E-state index contributed by atoms with van der Waals surface area (Å²) in [6.07, 6.45) is 6.94. The Kier molecular flexibility index (Phi) is 4.00. The second-order valence-electron chi connectivity index (χ2n) is 7.30. The summed E-state index contributed by atoms with van der Waals surface area (Å²) < 4.78 is 6.40. The van der Waals surface area contributed by atoms with Crippen LogP contribution in [0, 0.1) is 12.3 Å². The van der Waals surface area contributed by atoms with Gasteiger partial charge in [-0.25, -0.2) is 0 Å². The van der Waals surface area contributed by atoms with E-state index in [0.717, 1.165) is 12.2 Å². The maximum absolute atomic E-state index is 6.40. The van der Waals surface area contributed by atoms with Gasteiger partial charge in [0.2, 0.25) is 0 Å². The summed E-state index contributed by atoms with van der Waals surface area (Å²) in [4.78, 5) is 0. The van der Waals surface area contributed by atoms with Crippen molar-refractivity contribution in [3.63, 3.8) is 0 Å². The highest BCUT2D eigenvalue weighted by Crippen LogP contribution is 2.54. The highest BCUT2D eigenvalue weighted by Gasteiger charge is 2.56. The van der Waals surface area contributed by atoms with E-state index in [2.05, 4.69) is 51.3 Å². The molecule has 2 atom stereocenters. The number of rotatable bonds is 4. The Hall–Kier alpha value is -1.02. The first-order chi connectivity index (χ1) is 10.1. The Bertz CT molecular complexity index is 502. The maximum atomic E-state index is 6.40. The minimum absolute atomic E-state index is 0.402. The minimum Gasteiger partial charge on any atom is -0.490 e. The highest BCUT2D eigenvalue weighted by molar-refractivity contribution is 5.37. The molecule has 2 saturated carbocycles. The topological polar surface area (TPSA) is 21.3 Å². The third-order valence-corrected chi connectivity index (χ3v) is 5.81. The molecule has 0 bridgehead atoms. The molecule has 2 aliphatic rings. The SMILES string of the molecule is CNC1CC(Oc2ccc(C(C)C)c(C)c2)C12CCCC2. The van der Waals surface area contributed by atoms with Crippen molar-refractivity contribution in [2.24, 2.45) is 5.41 Å². The van der Waals surface area contributed by atoms with Crippen LogP contribution in [0.4, 0.5) is 0 Å². The number of benzene rings is 1. The van der Waals surface area contributed by atoms with Crippen molar-refractivity contribution in [1.82, 2.24) is 5.32 Å². The van der Waals surface area contributed by atoms with E-state index in [0.29, 0.717) is 23.5 Å². The standard InChI is InChI=1S/C19H29NO/c1-13(2)16-8-7-15(11-14(16)3)21-18-12-17(20-4)19(18)9-5-6-10-19/h7-8,11,13,17-18,20H,5-6,9-10,12H2,1-4H3. The van der Waals surface area contributed by atoms with E-state index >= 15 is 0 Å². The smallest absolute Gasteiger partial charge is 0.120 e. The van der Waals surface area contributed by atoms with Crippen LogP contribution in [-0.4, -0.2) is 19.2 Å². The van der Waals surface area contributed by atoms with E-state index in [9.17, 15) is 0 Å². The van der Waals surface area contributed by atoms with E-state index in [1.54, 1.807) is 0 Å². The molecule has 116 valence electrons. The summed E-state index contributed by atoms with van der Waals surface area (Å²) in [5.74, 6) is 1.64. The second-order valence-corrected chi connectivity index (χ2v) is 7.30. The van der Waals surface area contributed by atoms with Crippen molar-refractivity contribution >= 4 is 0 Å². The van der Waals surface area contributed by atoms with Crippen molar-refractivity contribution in [3.05, 3.63) is 29.3 Å². The van der Waals surface area contributed by atoms with Crippen molar-refractivity contribution in [2.75, 3.05) is 7.05 Å². The average molecular weight is 287 g/mol. The van der Waals surface area contributed by atoms with Gasteiger partial charge in [0.15, 0.2) is 0 Å². The molecule has 2 heteroatoms. The van der Waals surface area contributed by atoms with Crippen LogP contribution in [0.15, 0.2) is 18.2 Å². The van der Waals surface area contributed by atoms with Crippen LogP contribution in [0.2, 0.25) is 0 Å². The van der Waals surface area contributed by atoms with E-state index in [4.69, 9.17) is 4.74 Å². The number of nitrogens with one attached hydrogen (secondary N) is 1. The molecule has 1 spiro atoms. The van der Waals surface area contributed by atoms with E-state index in [1.165, 1.54) is 36.8 Å². The maximum Gasteiger partial charge on any atom is 0.120 e. The van der Waals surface area contributed by atoms with Crippen LogP contribution in [0.3, 0.4) is 0 Å². The number of ether oxygens (including phenoxy) is 1. The van der Waals surface area contributed by atoms with Gasteiger partial charge in [0.25, 0.3) is 0 Å². The highest BCUT2D eigenvalue weighted by atomic mass is 16.5. The molecule has 0 aliphatic heterocycles. The lowest BCUT2D eigenvalue weighted by atomic mass is 9.60. The lowest BCUT2D eigenvalue weighted by molar-refractivity contribution is -0.0736. The molecule has 0 aromatic heterocycles. The monoisotopic (exact) mass is 287 g/mol. The van der Waals surface area contributed by atoms with Gasteiger partial charge in [-0.3, -0.25) is 0 Å². The van der Waals surface area contributed by atoms with Gasteiger partial charge in [0.05, 0.1) is 0 Å². The van der Waals surface area contributed by atoms with Crippen LogP contribution in [0.1, 0.15) is 63.0 Å². The van der Waals surface area contributed by atoms with E-state index in [-0.39, 0.29) is 0 Å². The zero-order valence-electron chi connectivity index (χ0n) is 13.9. The Morgan fingerprint density at radius 3 is 2.52 bits per heavy atom. The normalized spacial score (nSPS) is 27.1. The lowest BCUT2D eigenvalue weighted by Crippen LogP contribution is -2.63. The summed E-state index contributed by atoms with van der Waals surface area (Å²) in [5.41, 5.74) is 3.19. The number of hydrogen-bond acceptors (Lipinski definition) is 2. The summed E-state index contributed by atoms with van der Waals surface area (Å²) >= 11 is 0. The van der Waals surface area contributed by atoms with Crippen LogP contribution in [0.25, 0.3) is 0 Å². The summed E-state index contributed by atoms with van der Waals surface area (Å²) in [5, 5.41) is 3.51. The molecule has 1 N–H and O–H groups in total. The van der Waals surface area contributed by atoms with Crippen molar-refractivity contribution in [3.8, 4) is 5.75 Å². The Morgan fingerprint density at radius 2 is 1.95 bits per heavy atom. The number of aryl methyl sites for hydroxylation is 1. The van der Waals surface area contributed by atoms with E-state index < -0.39 is 0 Å². The zero-order chi connectivity index (χ0) is 15.0. The fourth-order valence-corrected chi connectivity index (χ4v) is 4.56. The zero-order valence-corrected chi connectivity index (χ0v) is 13.9. The Morgan fingerprint density at radius 1 is 1.24 bits per heavy atom. The molecule has 0 amide bonds. The fraction of sp³-hybridized carbons (Fsp3) is 0.684. The molecule has 1 aromatic rings. The molecule has 0 heterocycles. The van der Waals surface area contributed by atoms with Gasteiger partial charge in [-0.2, -0.15) is 0 Å². The third-order valence-electron chi connectivity index (χ3n) is 5.81. The van der Waals surface area contributed by atoms with Crippen molar-refractivity contribution < 1.29 is 4.74 Å². The first kappa shape index (κ1) is 14.9. The Balaban J connectivity index is 1.74. The molecule has 3 rings (SSSR count). The van der Waals surface area contributed by atoms with Crippen molar-refractivity contribution in [2.45, 2.75) is 70.9 Å². The predicted molar refractivity (Wildman–Crippen MR) is 88.0 cm³/mol. The largest absolute Gasteiger partial charge is 0.490 e. The number of hydrogen-bond donors (Lipinski definition) is 1. The third kappa shape index (κ3) is 2.48. The minimum atomic E-state index is 0.402. The fourth-order valence-electron chi connectivity index (χ4n) is 4.56. The second kappa shape index (κ2) is 5.64. The molecule has 0 radical (unpaired) electrons. The molecule has 2 nitrogen and oxygen atoms in total. The molecular formula is C19H29NO. The molecular weight excluding hydrogens is 258 g/mol. The summed E-state index contributed by atoms with van der Waals surface area (Å²) in [6, 6.07) is 7.29. The summed E-state index contributed by atoms with van der Waals surface area (Å²) in [7, 11) is 2.10. The lowest BCUT2D eigenvalue weighted by Gasteiger charge is -2.53. The predicted octanol–water partition coefficient (Wildman–Crippen LogP) is 4.42. The van der Waals surface area contributed by atoms with Crippen LogP contribution >= 0.6 is 0 Å².